The summed E-state index contributed by atoms with van der Waals surface area (Å²) in [6.07, 6.45) is 7.17. The zero-order chi connectivity index (χ0) is 10.9. The zero-order valence-electron chi connectivity index (χ0n) is 9.54. The van der Waals surface area contributed by atoms with Gasteiger partial charge in [-0.1, -0.05) is 19.3 Å². The highest BCUT2D eigenvalue weighted by Gasteiger charge is 2.50. The van der Waals surface area contributed by atoms with Crippen molar-refractivity contribution in [3.63, 3.8) is 0 Å². The van der Waals surface area contributed by atoms with Crippen molar-refractivity contribution in [1.82, 2.24) is 4.90 Å². The minimum absolute atomic E-state index is 0.381. The summed E-state index contributed by atoms with van der Waals surface area (Å²) >= 11 is 0. The summed E-state index contributed by atoms with van der Waals surface area (Å²) in [7, 11) is 2.06. The summed E-state index contributed by atoms with van der Waals surface area (Å²) in [4.78, 5) is 13.2. The van der Waals surface area contributed by atoms with Crippen molar-refractivity contribution < 1.29 is 9.90 Å². The van der Waals surface area contributed by atoms with E-state index in [0.717, 1.165) is 31.8 Å². The Morgan fingerprint density at radius 1 is 1.47 bits per heavy atom. The average Bonchev–Trinajstić information content (AvgIpc) is 2.82. The molecule has 0 atom stereocenters. The lowest BCUT2D eigenvalue weighted by molar-refractivity contribution is -0.144. The van der Waals surface area contributed by atoms with E-state index in [1.54, 1.807) is 0 Å². The quantitative estimate of drug-likeness (QED) is 0.730. The van der Waals surface area contributed by atoms with Crippen LogP contribution in [0.25, 0.3) is 0 Å². The summed E-state index contributed by atoms with van der Waals surface area (Å²) in [6.45, 7) is 1.81. The zero-order valence-corrected chi connectivity index (χ0v) is 9.54. The van der Waals surface area contributed by atoms with Crippen LogP contribution in [0, 0.1) is 11.3 Å². The Labute approximate surface area is 91.5 Å². The molecule has 2 rings (SSSR count). The molecule has 1 N–H and O–H groups in total. The molecule has 0 aromatic heterocycles. The lowest BCUT2D eigenvalue weighted by Crippen LogP contribution is -2.33. The van der Waals surface area contributed by atoms with Crippen LogP contribution in [0.4, 0.5) is 0 Å². The second kappa shape index (κ2) is 4.12. The molecule has 0 saturated heterocycles. The predicted octanol–water partition coefficient (Wildman–Crippen LogP) is 1.97. The van der Waals surface area contributed by atoms with E-state index in [4.69, 9.17) is 5.11 Å². The van der Waals surface area contributed by atoms with E-state index in [2.05, 4.69) is 11.9 Å². The molecule has 0 radical (unpaired) electrons. The molecule has 2 aliphatic carbocycles. The van der Waals surface area contributed by atoms with Crippen LogP contribution in [0.1, 0.15) is 38.5 Å². The van der Waals surface area contributed by atoms with Crippen molar-refractivity contribution in [3.05, 3.63) is 0 Å². The van der Waals surface area contributed by atoms with Crippen LogP contribution < -0.4 is 0 Å². The average molecular weight is 211 g/mol. The molecule has 2 saturated carbocycles. The normalized spacial score (nSPS) is 23.9. The maximum absolute atomic E-state index is 11.0. The summed E-state index contributed by atoms with van der Waals surface area (Å²) in [5.41, 5.74) is -0.381. The van der Waals surface area contributed by atoms with Gasteiger partial charge in [-0.3, -0.25) is 4.79 Å². The summed E-state index contributed by atoms with van der Waals surface area (Å²) in [5.74, 6) is 0.324. The Kier molecular flexibility index (Phi) is 3.01. The maximum atomic E-state index is 11.0. The monoisotopic (exact) mass is 211 g/mol. The second-order valence-electron chi connectivity index (χ2n) is 5.41. The molecule has 0 unspecified atom stereocenters. The highest BCUT2D eigenvalue weighted by atomic mass is 16.4. The molecule has 0 aliphatic heterocycles. The summed E-state index contributed by atoms with van der Waals surface area (Å²) in [6, 6.07) is 0. The first-order valence-electron chi connectivity index (χ1n) is 6.04. The minimum atomic E-state index is -0.599. The van der Waals surface area contributed by atoms with Gasteiger partial charge in [-0.25, -0.2) is 0 Å². The molecule has 15 heavy (non-hydrogen) atoms. The van der Waals surface area contributed by atoms with Crippen LogP contribution in [0.3, 0.4) is 0 Å². The van der Waals surface area contributed by atoms with Gasteiger partial charge in [-0.05, 0) is 38.8 Å². The van der Waals surface area contributed by atoms with Crippen molar-refractivity contribution in [1.29, 1.82) is 0 Å². The Bertz CT molecular complexity index is 244. The van der Waals surface area contributed by atoms with E-state index in [-0.39, 0.29) is 5.41 Å². The first-order valence-corrected chi connectivity index (χ1v) is 6.04. The Hall–Kier alpha value is -0.570. The summed E-state index contributed by atoms with van der Waals surface area (Å²) in [5, 5.41) is 9.06. The molecule has 2 fully saturated rings. The van der Waals surface area contributed by atoms with Crippen LogP contribution in [0.2, 0.25) is 0 Å². The molecule has 0 amide bonds. The number of rotatable bonds is 6. The summed E-state index contributed by atoms with van der Waals surface area (Å²) < 4.78 is 0. The molecule has 0 heterocycles. The third kappa shape index (κ3) is 2.51. The van der Waals surface area contributed by atoms with Crippen LogP contribution in [-0.4, -0.2) is 36.1 Å². The fourth-order valence-corrected chi connectivity index (χ4v) is 2.37. The molecule has 0 aromatic rings. The smallest absolute Gasteiger partial charge is 0.310 e. The van der Waals surface area contributed by atoms with Gasteiger partial charge in [-0.15, -0.1) is 0 Å². The number of hydrogen-bond acceptors (Lipinski definition) is 2. The Morgan fingerprint density at radius 2 is 2.13 bits per heavy atom. The SMILES string of the molecule is CN(CCC1CCC1)CC1(C(=O)O)CC1. The number of carboxylic acid groups (broad SMARTS) is 1. The van der Waals surface area contributed by atoms with E-state index in [1.165, 1.54) is 25.7 Å². The van der Waals surface area contributed by atoms with Gasteiger partial charge in [-0.2, -0.15) is 0 Å². The lowest BCUT2D eigenvalue weighted by Gasteiger charge is -2.28. The second-order valence-corrected chi connectivity index (χ2v) is 5.41. The van der Waals surface area contributed by atoms with Crippen molar-refractivity contribution in [2.45, 2.75) is 38.5 Å². The van der Waals surface area contributed by atoms with E-state index >= 15 is 0 Å². The van der Waals surface area contributed by atoms with E-state index in [0.29, 0.717) is 0 Å². The van der Waals surface area contributed by atoms with Gasteiger partial charge in [0, 0.05) is 6.54 Å². The minimum Gasteiger partial charge on any atom is -0.481 e. The van der Waals surface area contributed by atoms with Crippen LogP contribution >= 0.6 is 0 Å². The van der Waals surface area contributed by atoms with Gasteiger partial charge < -0.3 is 10.0 Å². The number of carbonyl (C=O) groups is 1. The van der Waals surface area contributed by atoms with E-state index in [9.17, 15) is 4.79 Å². The van der Waals surface area contributed by atoms with Gasteiger partial charge in [0.1, 0.15) is 0 Å². The molecule has 0 aromatic carbocycles. The molecule has 3 heteroatoms. The molecule has 2 aliphatic rings. The molecule has 86 valence electrons. The first kappa shape index (κ1) is 10.9. The van der Waals surface area contributed by atoms with Gasteiger partial charge in [0.15, 0.2) is 0 Å². The Morgan fingerprint density at radius 3 is 2.53 bits per heavy atom. The van der Waals surface area contributed by atoms with Crippen LogP contribution in [-0.2, 0) is 4.79 Å². The number of nitrogens with zero attached hydrogens (tertiary/aromatic N) is 1. The molecule has 0 spiro atoms. The molecular formula is C12H21NO2. The van der Waals surface area contributed by atoms with Gasteiger partial charge >= 0.3 is 5.97 Å². The highest BCUT2D eigenvalue weighted by Crippen LogP contribution is 2.46. The topological polar surface area (TPSA) is 40.5 Å². The third-order valence-electron chi connectivity index (χ3n) is 4.02. The van der Waals surface area contributed by atoms with Gasteiger partial charge in [0.2, 0.25) is 0 Å². The number of hydrogen-bond donors (Lipinski definition) is 1. The fourth-order valence-electron chi connectivity index (χ4n) is 2.37. The molecule has 3 nitrogen and oxygen atoms in total. The van der Waals surface area contributed by atoms with Crippen LogP contribution in [0.5, 0.6) is 0 Å². The van der Waals surface area contributed by atoms with Crippen molar-refractivity contribution in [2.75, 3.05) is 20.1 Å². The fraction of sp³-hybridized carbons (Fsp3) is 0.917. The van der Waals surface area contributed by atoms with Crippen molar-refractivity contribution in [2.24, 2.45) is 11.3 Å². The number of carboxylic acids is 1. The van der Waals surface area contributed by atoms with Gasteiger partial charge in [0.05, 0.1) is 5.41 Å². The molecular weight excluding hydrogens is 190 g/mol. The van der Waals surface area contributed by atoms with Crippen LogP contribution in [0.15, 0.2) is 0 Å². The highest BCUT2D eigenvalue weighted by molar-refractivity contribution is 5.78. The van der Waals surface area contributed by atoms with Crippen molar-refractivity contribution in [3.8, 4) is 0 Å². The lowest BCUT2D eigenvalue weighted by atomic mass is 9.83. The predicted molar refractivity (Wildman–Crippen MR) is 58.8 cm³/mol. The van der Waals surface area contributed by atoms with Crippen molar-refractivity contribution >= 4 is 5.97 Å². The first-order chi connectivity index (χ1) is 7.12. The largest absolute Gasteiger partial charge is 0.481 e. The third-order valence-corrected chi connectivity index (χ3v) is 4.02. The maximum Gasteiger partial charge on any atom is 0.310 e. The van der Waals surface area contributed by atoms with Gasteiger partial charge in [0.25, 0.3) is 0 Å². The van der Waals surface area contributed by atoms with E-state index < -0.39 is 5.97 Å². The standard InChI is InChI=1S/C12H21NO2/c1-13(8-5-10-3-2-4-10)9-12(6-7-12)11(14)15/h10H,2-9H2,1H3,(H,14,15). The van der Waals surface area contributed by atoms with E-state index in [1.807, 2.05) is 0 Å². The Balaban J connectivity index is 1.67. The molecule has 0 bridgehead atoms. The number of aliphatic carboxylic acids is 1.